The van der Waals surface area contributed by atoms with Crippen molar-refractivity contribution >= 4 is 15.7 Å². The Morgan fingerprint density at radius 2 is 1.86 bits per heavy atom. The van der Waals surface area contributed by atoms with Crippen LogP contribution in [0.15, 0.2) is 36.8 Å². The number of aromatic nitrogens is 3. The summed E-state index contributed by atoms with van der Waals surface area (Å²) in [4.78, 5) is 8.39. The van der Waals surface area contributed by atoms with E-state index in [1.807, 2.05) is 39.0 Å². The summed E-state index contributed by atoms with van der Waals surface area (Å²) in [5, 5.41) is 8.95. The highest BCUT2D eigenvalue weighted by Gasteiger charge is 2.16. The fraction of sp³-hybridized carbons (Fsp3) is 0.211. The summed E-state index contributed by atoms with van der Waals surface area (Å²) >= 11 is 0. The highest BCUT2D eigenvalue weighted by molar-refractivity contribution is 7.92. The minimum absolute atomic E-state index is 0.102. The Bertz CT molecular complexity index is 1170. The number of anilines is 1. The molecule has 0 aliphatic heterocycles. The van der Waals surface area contributed by atoms with Crippen molar-refractivity contribution in [1.29, 1.82) is 5.26 Å². The van der Waals surface area contributed by atoms with Gasteiger partial charge in [-0.3, -0.25) is 9.29 Å². The van der Waals surface area contributed by atoms with Crippen molar-refractivity contribution in [3.63, 3.8) is 0 Å². The van der Waals surface area contributed by atoms with Gasteiger partial charge in [-0.25, -0.2) is 13.4 Å². The van der Waals surface area contributed by atoms with Crippen molar-refractivity contribution in [3.8, 4) is 23.5 Å². The Morgan fingerprint density at radius 1 is 1.18 bits per heavy atom. The van der Waals surface area contributed by atoms with Crippen molar-refractivity contribution in [1.82, 2.24) is 14.5 Å². The smallest absolute Gasteiger partial charge is 0.245 e. The second kappa shape index (κ2) is 7.32. The van der Waals surface area contributed by atoms with E-state index in [9.17, 15) is 8.42 Å². The minimum Gasteiger partial charge on any atom is -0.436 e. The van der Waals surface area contributed by atoms with Gasteiger partial charge in [-0.2, -0.15) is 10.2 Å². The zero-order chi connectivity index (χ0) is 20.5. The molecule has 0 saturated heterocycles. The number of rotatable bonds is 5. The predicted octanol–water partition coefficient (Wildman–Crippen LogP) is 3.23. The molecular weight excluding hydrogens is 378 g/mol. The fourth-order valence-corrected chi connectivity index (χ4v) is 3.41. The van der Waals surface area contributed by atoms with Crippen LogP contribution in [0.3, 0.4) is 0 Å². The van der Waals surface area contributed by atoms with Gasteiger partial charge in [0.05, 0.1) is 6.26 Å². The molecule has 144 valence electrons. The largest absolute Gasteiger partial charge is 0.436 e. The molecule has 3 rings (SSSR count). The van der Waals surface area contributed by atoms with E-state index >= 15 is 0 Å². The quantitative estimate of drug-likeness (QED) is 0.708. The Labute approximate surface area is 163 Å². The van der Waals surface area contributed by atoms with E-state index in [-0.39, 0.29) is 17.3 Å². The number of pyridine rings is 1. The van der Waals surface area contributed by atoms with Crippen LogP contribution in [0, 0.1) is 32.1 Å². The van der Waals surface area contributed by atoms with E-state index in [1.54, 1.807) is 16.7 Å². The van der Waals surface area contributed by atoms with Gasteiger partial charge >= 0.3 is 0 Å². The van der Waals surface area contributed by atoms with E-state index in [2.05, 4.69) is 14.7 Å². The third kappa shape index (κ3) is 4.29. The number of ether oxygens (including phenoxy) is 1. The number of hydrogen-bond donors (Lipinski definition) is 1. The van der Waals surface area contributed by atoms with Gasteiger partial charge in [-0.05, 0) is 44.0 Å². The number of nitrogens with one attached hydrogen (secondary N) is 1. The molecule has 1 aromatic carbocycles. The minimum atomic E-state index is -3.53. The molecule has 3 aromatic rings. The highest BCUT2D eigenvalue weighted by atomic mass is 32.2. The molecule has 0 unspecified atom stereocenters. The van der Waals surface area contributed by atoms with Crippen LogP contribution < -0.4 is 9.46 Å². The average molecular weight is 397 g/mol. The second-order valence-corrected chi connectivity index (χ2v) is 8.25. The van der Waals surface area contributed by atoms with E-state index < -0.39 is 10.0 Å². The van der Waals surface area contributed by atoms with Crippen molar-refractivity contribution < 1.29 is 13.2 Å². The summed E-state index contributed by atoms with van der Waals surface area (Å²) in [6.07, 6.45) is 4.04. The first-order chi connectivity index (χ1) is 13.2. The Kier molecular flexibility index (Phi) is 5.07. The highest BCUT2D eigenvalue weighted by Crippen LogP contribution is 2.34. The maximum atomic E-state index is 11.7. The summed E-state index contributed by atoms with van der Waals surface area (Å²) < 4.78 is 33.5. The van der Waals surface area contributed by atoms with Crippen LogP contribution in [-0.2, 0) is 10.0 Å². The van der Waals surface area contributed by atoms with Gasteiger partial charge in [-0.1, -0.05) is 17.7 Å². The molecule has 0 amide bonds. The molecule has 0 aliphatic carbocycles. The maximum Gasteiger partial charge on any atom is 0.245 e. The van der Waals surface area contributed by atoms with Crippen molar-refractivity contribution in [2.45, 2.75) is 20.8 Å². The molecule has 0 fully saturated rings. The standard InChI is InChI=1S/C19H19N5O3S/c1-12-7-13(2)18(14(3)8-12)27-19-16(23-28(4,25)26)5-6-17(22-19)24-10-15(9-20)21-11-24/h5-8,10-11,23H,1-4H3. The van der Waals surface area contributed by atoms with Crippen LogP contribution in [-0.4, -0.2) is 29.2 Å². The first-order valence-electron chi connectivity index (χ1n) is 8.35. The molecular formula is C19H19N5O3S. The molecule has 0 atom stereocenters. The summed E-state index contributed by atoms with van der Waals surface area (Å²) in [5.41, 5.74) is 3.37. The van der Waals surface area contributed by atoms with Gasteiger partial charge in [0.15, 0.2) is 5.69 Å². The topological polar surface area (TPSA) is 110 Å². The lowest BCUT2D eigenvalue weighted by atomic mass is 10.1. The molecule has 9 heteroatoms. The van der Waals surface area contributed by atoms with Crippen LogP contribution in [0.2, 0.25) is 0 Å². The van der Waals surface area contributed by atoms with Crippen LogP contribution in [0.25, 0.3) is 5.82 Å². The first-order valence-corrected chi connectivity index (χ1v) is 10.2. The van der Waals surface area contributed by atoms with Crippen molar-refractivity contribution in [3.05, 3.63) is 59.2 Å². The number of sulfonamides is 1. The van der Waals surface area contributed by atoms with E-state index in [0.29, 0.717) is 11.6 Å². The van der Waals surface area contributed by atoms with Gasteiger partial charge in [0.2, 0.25) is 15.9 Å². The van der Waals surface area contributed by atoms with Crippen LogP contribution >= 0.6 is 0 Å². The van der Waals surface area contributed by atoms with Gasteiger partial charge in [-0.15, -0.1) is 0 Å². The van der Waals surface area contributed by atoms with E-state index in [0.717, 1.165) is 22.9 Å². The summed E-state index contributed by atoms with van der Waals surface area (Å²) in [5.74, 6) is 1.14. The number of hydrogen-bond acceptors (Lipinski definition) is 6. The zero-order valence-electron chi connectivity index (χ0n) is 15.9. The van der Waals surface area contributed by atoms with Gasteiger partial charge in [0.1, 0.15) is 29.7 Å². The Balaban J connectivity index is 2.10. The molecule has 1 N–H and O–H groups in total. The molecule has 0 spiro atoms. The molecule has 2 aromatic heterocycles. The fourth-order valence-electron chi connectivity index (χ4n) is 2.86. The number of imidazole rings is 1. The number of aryl methyl sites for hydroxylation is 3. The van der Waals surface area contributed by atoms with Crippen LogP contribution in [0.5, 0.6) is 11.6 Å². The summed E-state index contributed by atoms with van der Waals surface area (Å²) in [7, 11) is -3.53. The summed E-state index contributed by atoms with van der Waals surface area (Å²) in [6, 6.07) is 9.07. The summed E-state index contributed by atoms with van der Waals surface area (Å²) in [6.45, 7) is 5.82. The van der Waals surface area contributed by atoms with Gasteiger partial charge in [0.25, 0.3) is 0 Å². The molecule has 0 saturated carbocycles. The Morgan fingerprint density at radius 3 is 2.43 bits per heavy atom. The monoisotopic (exact) mass is 397 g/mol. The molecule has 28 heavy (non-hydrogen) atoms. The van der Waals surface area contributed by atoms with E-state index in [1.165, 1.54) is 12.5 Å². The van der Waals surface area contributed by atoms with Gasteiger partial charge in [0, 0.05) is 6.20 Å². The lowest BCUT2D eigenvalue weighted by Gasteiger charge is -2.16. The third-order valence-electron chi connectivity index (χ3n) is 3.91. The third-order valence-corrected chi connectivity index (χ3v) is 4.50. The lowest BCUT2D eigenvalue weighted by Crippen LogP contribution is -2.12. The van der Waals surface area contributed by atoms with Crippen LogP contribution in [0.4, 0.5) is 5.69 Å². The lowest BCUT2D eigenvalue weighted by molar-refractivity contribution is 0.457. The second-order valence-electron chi connectivity index (χ2n) is 6.50. The van der Waals surface area contributed by atoms with Crippen molar-refractivity contribution in [2.24, 2.45) is 0 Å². The molecule has 0 bridgehead atoms. The zero-order valence-corrected chi connectivity index (χ0v) is 16.7. The normalized spacial score (nSPS) is 11.1. The van der Waals surface area contributed by atoms with E-state index in [4.69, 9.17) is 10.00 Å². The van der Waals surface area contributed by atoms with Crippen LogP contribution in [0.1, 0.15) is 22.4 Å². The molecule has 0 aliphatic rings. The molecule has 2 heterocycles. The molecule has 0 radical (unpaired) electrons. The number of benzene rings is 1. The number of nitriles is 1. The Hall–Kier alpha value is -3.38. The molecule has 8 nitrogen and oxygen atoms in total. The number of nitrogens with zero attached hydrogens (tertiary/aromatic N) is 4. The SMILES string of the molecule is Cc1cc(C)c(Oc2nc(-n3cnc(C#N)c3)ccc2NS(C)(=O)=O)c(C)c1. The van der Waals surface area contributed by atoms with Crippen molar-refractivity contribution in [2.75, 3.05) is 11.0 Å². The average Bonchev–Trinajstić information content (AvgIpc) is 3.07. The van der Waals surface area contributed by atoms with Gasteiger partial charge < -0.3 is 4.74 Å². The predicted molar refractivity (Wildman–Crippen MR) is 105 cm³/mol. The first kappa shape index (κ1) is 19.4. The maximum absolute atomic E-state index is 11.7.